The van der Waals surface area contributed by atoms with Gasteiger partial charge in [0.2, 0.25) is 0 Å². The highest BCUT2D eigenvalue weighted by Crippen LogP contribution is 2.37. The van der Waals surface area contributed by atoms with E-state index in [0.29, 0.717) is 11.3 Å². The van der Waals surface area contributed by atoms with Crippen molar-refractivity contribution in [2.45, 2.75) is 46.5 Å². The fourth-order valence-corrected chi connectivity index (χ4v) is 3.40. The van der Waals surface area contributed by atoms with Crippen molar-refractivity contribution in [1.82, 2.24) is 4.98 Å². The van der Waals surface area contributed by atoms with E-state index in [1.807, 2.05) is 0 Å². The van der Waals surface area contributed by atoms with Crippen LogP contribution < -0.4 is 4.90 Å². The van der Waals surface area contributed by atoms with Gasteiger partial charge < -0.3 is 4.90 Å². The lowest BCUT2D eigenvalue weighted by Crippen LogP contribution is -2.22. The van der Waals surface area contributed by atoms with Crippen molar-refractivity contribution in [3.8, 4) is 0 Å². The van der Waals surface area contributed by atoms with Crippen molar-refractivity contribution < 1.29 is 4.79 Å². The molecule has 0 bridgehead atoms. The number of carbonyl (C=O) groups is 1. The Morgan fingerprint density at radius 2 is 2.28 bits per heavy atom. The van der Waals surface area contributed by atoms with Gasteiger partial charge in [0.25, 0.3) is 0 Å². The summed E-state index contributed by atoms with van der Waals surface area (Å²) in [6.45, 7) is 10.9. The molecule has 0 aliphatic carbocycles. The van der Waals surface area contributed by atoms with Crippen LogP contribution in [-0.2, 0) is 0 Å². The summed E-state index contributed by atoms with van der Waals surface area (Å²) in [4.78, 5) is 19.0. The summed E-state index contributed by atoms with van der Waals surface area (Å²) < 4.78 is 0. The second kappa shape index (κ2) is 5.00. The molecule has 1 aliphatic heterocycles. The number of aldehydes is 1. The molecule has 1 fully saturated rings. The molecule has 2 rings (SSSR count). The molecule has 1 aliphatic rings. The topological polar surface area (TPSA) is 33.2 Å². The van der Waals surface area contributed by atoms with Gasteiger partial charge in [-0.15, -0.1) is 0 Å². The van der Waals surface area contributed by atoms with Gasteiger partial charge in [-0.1, -0.05) is 39.0 Å². The number of aromatic nitrogens is 1. The molecule has 2 heterocycles. The second-order valence-corrected chi connectivity index (χ2v) is 7.02. The van der Waals surface area contributed by atoms with E-state index in [0.717, 1.165) is 41.5 Å². The molecular weight excluding hydrogens is 244 g/mol. The van der Waals surface area contributed by atoms with Gasteiger partial charge in [0.15, 0.2) is 11.4 Å². The fourth-order valence-electron chi connectivity index (χ4n) is 2.37. The van der Waals surface area contributed by atoms with E-state index in [1.54, 1.807) is 11.3 Å². The smallest absolute Gasteiger partial charge is 0.186 e. The number of nitrogens with zero attached hydrogens (tertiary/aromatic N) is 2. The summed E-state index contributed by atoms with van der Waals surface area (Å²) in [7, 11) is 0. The number of rotatable bonds is 4. The maximum absolute atomic E-state index is 11.2. The molecule has 0 N–H and O–H groups in total. The third kappa shape index (κ3) is 2.58. The predicted octanol–water partition coefficient (Wildman–Crippen LogP) is 3.71. The molecule has 4 heteroatoms. The van der Waals surface area contributed by atoms with E-state index in [2.05, 4.69) is 32.6 Å². The highest BCUT2D eigenvalue weighted by Gasteiger charge is 2.31. The van der Waals surface area contributed by atoms with Gasteiger partial charge in [-0.3, -0.25) is 4.79 Å². The van der Waals surface area contributed by atoms with Gasteiger partial charge in [0, 0.05) is 13.1 Å². The van der Waals surface area contributed by atoms with Gasteiger partial charge in [-0.05, 0) is 24.2 Å². The fraction of sp³-hybridized carbons (Fsp3) is 0.714. The molecule has 0 spiro atoms. The van der Waals surface area contributed by atoms with Crippen LogP contribution in [0.15, 0.2) is 0 Å². The summed E-state index contributed by atoms with van der Waals surface area (Å²) in [6, 6.07) is 0. The molecule has 100 valence electrons. The van der Waals surface area contributed by atoms with Crippen LogP contribution in [0.3, 0.4) is 0 Å². The molecule has 1 aromatic rings. The van der Waals surface area contributed by atoms with Crippen molar-refractivity contribution in [2.24, 2.45) is 5.41 Å². The first-order valence-corrected chi connectivity index (χ1v) is 7.49. The molecule has 1 aromatic heterocycles. The maximum Gasteiger partial charge on any atom is 0.186 e. The lowest BCUT2D eigenvalue weighted by molar-refractivity contribution is 0.112. The zero-order chi connectivity index (χ0) is 13.3. The monoisotopic (exact) mass is 266 g/mol. The molecular formula is C14H22N2OS. The Kier molecular flexibility index (Phi) is 3.76. The first-order valence-electron chi connectivity index (χ1n) is 6.67. The van der Waals surface area contributed by atoms with Gasteiger partial charge in [-0.2, -0.15) is 0 Å². The van der Waals surface area contributed by atoms with Crippen LogP contribution in [0.25, 0.3) is 0 Å². The minimum Gasteiger partial charge on any atom is -0.348 e. The summed E-state index contributed by atoms with van der Waals surface area (Å²) in [5, 5.41) is 1.03. The van der Waals surface area contributed by atoms with Crippen LogP contribution >= 0.6 is 11.3 Å². The number of carbonyl (C=O) groups excluding carboxylic acids is 1. The Balaban J connectivity index is 2.25. The Hall–Kier alpha value is -0.900. The van der Waals surface area contributed by atoms with E-state index < -0.39 is 0 Å². The molecule has 1 atom stereocenters. The summed E-state index contributed by atoms with van der Waals surface area (Å²) >= 11 is 1.55. The van der Waals surface area contributed by atoms with Crippen LogP contribution in [0.5, 0.6) is 0 Å². The minimum absolute atomic E-state index is 0.365. The number of hydrogen-bond donors (Lipinski definition) is 0. The lowest BCUT2D eigenvalue weighted by atomic mass is 9.93. The van der Waals surface area contributed by atoms with Crippen molar-refractivity contribution in [3.05, 3.63) is 10.6 Å². The largest absolute Gasteiger partial charge is 0.348 e. The van der Waals surface area contributed by atoms with Gasteiger partial charge in [0.05, 0.1) is 10.6 Å². The average Bonchev–Trinajstić information content (AvgIpc) is 2.91. The second-order valence-electron chi connectivity index (χ2n) is 6.01. The first-order chi connectivity index (χ1) is 8.46. The number of anilines is 1. The standard InChI is InChI=1S/C14H22N2OS/c1-5-10(2)12-11(8-17)18-13(15-12)16-7-6-14(3,4)9-16/h8,10H,5-7,9H2,1-4H3. The van der Waals surface area contributed by atoms with E-state index in [1.165, 1.54) is 6.42 Å². The first kappa shape index (κ1) is 13.5. The molecule has 0 amide bonds. The summed E-state index contributed by atoms with van der Waals surface area (Å²) in [6.07, 6.45) is 3.18. The molecule has 0 radical (unpaired) electrons. The molecule has 1 unspecified atom stereocenters. The van der Waals surface area contributed by atoms with Crippen LogP contribution in [-0.4, -0.2) is 24.4 Å². The van der Waals surface area contributed by atoms with Gasteiger partial charge in [-0.25, -0.2) is 4.98 Å². The van der Waals surface area contributed by atoms with Crippen molar-refractivity contribution >= 4 is 22.8 Å². The highest BCUT2D eigenvalue weighted by atomic mass is 32.1. The Morgan fingerprint density at radius 3 is 2.78 bits per heavy atom. The van der Waals surface area contributed by atoms with E-state index >= 15 is 0 Å². The summed E-state index contributed by atoms with van der Waals surface area (Å²) in [5.74, 6) is 0.366. The Labute approximate surface area is 113 Å². The van der Waals surface area contributed by atoms with E-state index in [-0.39, 0.29) is 0 Å². The van der Waals surface area contributed by atoms with Crippen LogP contribution in [0.2, 0.25) is 0 Å². The summed E-state index contributed by atoms with van der Waals surface area (Å²) in [5.41, 5.74) is 1.35. The average molecular weight is 266 g/mol. The third-order valence-corrected chi connectivity index (χ3v) is 4.86. The molecule has 18 heavy (non-hydrogen) atoms. The van der Waals surface area contributed by atoms with Crippen LogP contribution in [0.4, 0.5) is 5.13 Å². The van der Waals surface area contributed by atoms with E-state index in [9.17, 15) is 4.79 Å². The molecule has 0 aromatic carbocycles. The van der Waals surface area contributed by atoms with Crippen molar-refractivity contribution in [3.63, 3.8) is 0 Å². The van der Waals surface area contributed by atoms with Gasteiger partial charge >= 0.3 is 0 Å². The van der Waals surface area contributed by atoms with Gasteiger partial charge in [0.1, 0.15) is 0 Å². The quantitative estimate of drug-likeness (QED) is 0.779. The minimum atomic E-state index is 0.365. The zero-order valence-electron chi connectivity index (χ0n) is 11.7. The van der Waals surface area contributed by atoms with E-state index in [4.69, 9.17) is 4.98 Å². The predicted molar refractivity (Wildman–Crippen MR) is 76.8 cm³/mol. The van der Waals surface area contributed by atoms with Crippen molar-refractivity contribution in [1.29, 1.82) is 0 Å². The highest BCUT2D eigenvalue weighted by molar-refractivity contribution is 7.17. The normalized spacial score (nSPS) is 20.1. The number of hydrogen-bond acceptors (Lipinski definition) is 4. The maximum atomic E-state index is 11.2. The Morgan fingerprint density at radius 1 is 1.56 bits per heavy atom. The van der Waals surface area contributed by atoms with Crippen LogP contribution in [0, 0.1) is 5.41 Å². The van der Waals surface area contributed by atoms with Crippen molar-refractivity contribution in [2.75, 3.05) is 18.0 Å². The zero-order valence-corrected chi connectivity index (χ0v) is 12.5. The lowest BCUT2D eigenvalue weighted by Gasteiger charge is -2.18. The molecule has 3 nitrogen and oxygen atoms in total. The Bertz CT molecular complexity index is 439. The number of thiazole rings is 1. The third-order valence-electron chi connectivity index (χ3n) is 3.80. The van der Waals surface area contributed by atoms with Crippen LogP contribution in [0.1, 0.15) is 61.8 Å². The molecule has 1 saturated heterocycles. The molecule has 0 saturated carbocycles. The SMILES string of the molecule is CCC(C)c1nc(N2CCC(C)(C)C2)sc1C=O.